The Morgan fingerprint density at radius 3 is 2.17 bits per heavy atom. The highest BCUT2D eigenvalue weighted by Crippen LogP contribution is 2.21. The molecule has 18 heavy (non-hydrogen) atoms. The van der Waals surface area contributed by atoms with Crippen molar-refractivity contribution in [2.24, 2.45) is 11.3 Å². The Balaban J connectivity index is 1.98. The van der Waals surface area contributed by atoms with Gasteiger partial charge in [0.1, 0.15) is 0 Å². The van der Waals surface area contributed by atoms with Crippen LogP contribution < -0.4 is 5.46 Å². The van der Waals surface area contributed by atoms with Crippen LogP contribution in [0.5, 0.6) is 0 Å². The molecule has 3 heteroatoms. The molecule has 1 aromatic carbocycles. The van der Waals surface area contributed by atoms with Crippen LogP contribution in [0.1, 0.15) is 33.3 Å². The third-order valence-electron chi connectivity index (χ3n) is 3.15. The van der Waals surface area contributed by atoms with E-state index in [-0.39, 0.29) is 12.5 Å². The number of hydrogen-bond donors (Lipinski definition) is 0. The molecule has 0 aromatic heterocycles. The molecule has 0 spiro atoms. The molecular weight excluding hydrogens is 223 g/mol. The molecule has 0 radical (unpaired) electrons. The Labute approximate surface area is 111 Å². The van der Waals surface area contributed by atoms with E-state index in [1.54, 1.807) is 0 Å². The second kappa shape index (κ2) is 5.46. The summed E-state index contributed by atoms with van der Waals surface area (Å²) >= 11 is 0. The molecule has 0 saturated carbocycles. The molecule has 98 valence electrons. The summed E-state index contributed by atoms with van der Waals surface area (Å²) in [6.45, 7) is 10.3. The molecule has 0 aliphatic carbocycles. The summed E-state index contributed by atoms with van der Waals surface area (Å²) in [6, 6.07) is 8.62. The minimum Gasteiger partial charge on any atom is -0.407 e. The lowest BCUT2D eigenvalue weighted by atomic mass is 9.75. The zero-order valence-electron chi connectivity index (χ0n) is 11.9. The fourth-order valence-corrected chi connectivity index (χ4v) is 2.17. The lowest BCUT2D eigenvalue weighted by Crippen LogP contribution is -2.47. The zero-order chi connectivity index (χ0) is 13.2. The Hall–Kier alpha value is -0.795. The van der Waals surface area contributed by atoms with Gasteiger partial charge in [-0.2, -0.15) is 0 Å². The van der Waals surface area contributed by atoms with Crippen LogP contribution in [-0.4, -0.2) is 20.3 Å². The lowest BCUT2D eigenvalue weighted by Gasteiger charge is -2.33. The molecule has 0 bridgehead atoms. The van der Waals surface area contributed by atoms with Gasteiger partial charge in [-0.3, -0.25) is 0 Å². The smallest absolute Gasteiger partial charge is 0.407 e. The average molecular weight is 246 g/mol. The second-order valence-electron chi connectivity index (χ2n) is 6.46. The van der Waals surface area contributed by atoms with Crippen molar-refractivity contribution < 1.29 is 9.31 Å². The molecular formula is C15H23BO2. The van der Waals surface area contributed by atoms with Crippen molar-refractivity contribution in [2.45, 2.75) is 34.1 Å². The van der Waals surface area contributed by atoms with Gasteiger partial charge in [0.15, 0.2) is 0 Å². The van der Waals surface area contributed by atoms with Gasteiger partial charge in [0.25, 0.3) is 0 Å². The van der Waals surface area contributed by atoms with Crippen molar-refractivity contribution >= 4 is 12.6 Å². The van der Waals surface area contributed by atoms with Gasteiger partial charge in [0.2, 0.25) is 0 Å². The van der Waals surface area contributed by atoms with Gasteiger partial charge < -0.3 is 9.31 Å². The Morgan fingerprint density at radius 1 is 1.11 bits per heavy atom. The first kappa shape index (κ1) is 13.6. The summed E-state index contributed by atoms with van der Waals surface area (Å²) in [5, 5.41) is 0. The van der Waals surface area contributed by atoms with E-state index in [1.807, 2.05) is 0 Å². The predicted octanol–water partition coefficient (Wildman–Crippen LogP) is 2.65. The first-order valence-corrected chi connectivity index (χ1v) is 6.78. The SMILES string of the molecule is CC(C)Cc1ccc(B2OCC(C)(C)CO2)cc1. The van der Waals surface area contributed by atoms with Crippen LogP contribution in [0.15, 0.2) is 24.3 Å². The summed E-state index contributed by atoms with van der Waals surface area (Å²) in [4.78, 5) is 0. The van der Waals surface area contributed by atoms with E-state index in [4.69, 9.17) is 9.31 Å². The van der Waals surface area contributed by atoms with Crippen LogP contribution in [0.2, 0.25) is 0 Å². The van der Waals surface area contributed by atoms with Gasteiger partial charge in [-0.1, -0.05) is 52.0 Å². The Bertz CT molecular complexity index is 374. The molecule has 1 aliphatic rings. The molecule has 2 nitrogen and oxygen atoms in total. The van der Waals surface area contributed by atoms with Crippen LogP contribution in [0.3, 0.4) is 0 Å². The van der Waals surface area contributed by atoms with Gasteiger partial charge in [0, 0.05) is 18.6 Å². The minimum atomic E-state index is -0.189. The van der Waals surface area contributed by atoms with Crippen molar-refractivity contribution in [3.05, 3.63) is 29.8 Å². The van der Waals surface area contributed by atoms with Gasteiger partial charge >= 0.3 is 7.12 Å². The van der Waals surface area contributed by atoms with Crippen molar-refractivity contribution in [1.82, 2.24) is 0 Å². The average Bonchev–Trinajstić information content (AvgIpc) is 2.30. The zero-order valence-corrected chi connectivity index (χ0v) is 11.9. The molecule has 0 unspecified atom stereocenters. The maximum Gasteiger partial charge on any atom is 0.493 e. The third kappa shape index (κ3) is 3.60. The monoisotopic (exact) mass is 246 g/mol. The van der Waals surface area contributed by atoms with Gasteiger partial charge in [0.05, 0.1) is 0 Å². The van der Waals surface area contributed by atoms with E-state index in [0.717, 1.165) is 25.1 Å². The molecule has 0 amide bonds. The first-order valence-electron chi connectivity index (χ1n) is 6.78. The van der Waals surface area contributed by atoms with E-state index in [9.17, 15) is 0 Å². The van der Waals surface area contributed by atoms with Gasteiger partial charge in [-0.15, -0.1) is 0 Å². The van der Waals surface area contributed by atoms with Crippen molar-refractivity contribution in [1.29, 1.82) is 0 Å². The first-order chi connectivity index (χ1) is 8.46. The molecule has 1 aromatic rings. The summed E-state index contributed by atoms with van der Waals surface area (Å²) in [5.74, 6) is 0.693. The van der Waals surface area contributed by atoms with E-state index >= 15 is 0 Å². The van der Waals surface area contributed by atoms with Crippen LogP contribution in [0, 0.1) is 11.3 Å². The van der Waals surface area contributed by atoms with Crippen molar-refractivity contribution in [3.8, 4) is 0 Å². The van der Waals surface area contributed by atoms with E-state index in [0.29, 0.717) is 5.92 Å². The number of benzene rings is 1. The summed E-state index contributed by atoms with van der Waals surface area (Å²) < 4.78 is 11.6. The summed E-state index contributed by atoms with van der Waals surface area (Å²) in [6.07, 6.45) is 1.12. The molecule has 0 N–H and O–H groups in total. The highest BCUT2D eigenvalue weighted by molar-refractivity contribution is 6.61. The van der Waals surface area contributed by atoms with Gasteiger partial charge in [-0.05, 0) is 23.4 Å². The van der Waals surface area contributed by atoms with E-state index in [1.165, 1.54) is 5.56 Å². The predicted molar refractivity (Wildman–Crippen MR) is 76.1 cm³/mol. The second-order valence-corrected chi connectivity index (χ2v) is 6.46. The van der Waals surface area contributed by atoms with Crippen LogP contribution in [0.25, 0.3) is 0 Å². The Kier molecular flexibility index (Phi) is 4.13. The van der Waals surface area contributed by atoms with Crippen molar-refractivity contribution in [3.63, 3.8) is 0 Å². The maximum absolute atomic E-state index is 5.78. The lowest BCUT2D eigenvalue weighted by molar-refractivity contribution is 0.0343. The molecule has 2 rings (SSSR count). The highest BCUT2D eigenvalue weighted by Gasteiger charge is 2.33. The highest BCUT2D eigenvalue weighted by atomic mass is 16.6. The normalized spacial score (nSPS) is 19.3. The fourth-order valence-electron chi connectivity index (χ4n) is 2.17. The third-order valence-corrected chi connectivity index (χ3v) is 3.15. The van der Waals surface area contributed by atoms with Gasteiger partial charge in [-0.25, -0.2) is 0 Å². The largest absolute Gasteiger partial charge is 0.493 e. The fraction of sp³-hybridized carbons (Fsp3) is 0.600. The standard InChI is InChI=1S/C15H23BO2/c1-12(2)9-13-5-7-14(8-6-13)16-17-10-15(3,4)11-18-16/h5-8,12H,9-11H2,1-4H3. The Morgan fingerprint density at radius 2 is 1.67 bits per heavy atom. The topological polar surface area (TPSA) is 18.5 Å². The minimum absolute atomic E-state index is 0.133. The van der Waals surface area contributed by atoms with Crippen LogP contribution in [-0.2, 0) is 15.7 Å². The molecule has 1 saturated heterocycles. The van der Waals surface area contributed by atoms with Crippen LogP contribution in [0.4, 0.5) is 0 Å². The molecule has 0 atom stereocenters. The molecule has 1 heterocycles. The number of rotatable bonds is 3. The quantitative estimate of drug-likeness (QED) is 0.763. The summed E-state index contributed by atoms with van der Waals surface area (Å²) in [7, 11) is -0.189. The number of hydrogen-bond acceptors (Lipinski definition) is 2. The summed E-state index contributed by atoms with van der Waals surface area (Å²) in [5.41, 5.74) is 2.64. The maximum atomic E-state index is 5.78. The van der Waals surface area contributed by atoms with Crippen molar-refractivity contribution in [2.75, 3.05) is 13.2 Å². The van der Waals surface area contributed by atoms with E-state index < -0.39 is 0 Å². The molecule has 1 aliphatic heterocycles. The molecule has 1 fully saturated rings. The van der Waals surface area contributed by atoms with Crippen LogP contribution >= 0.6 is 0 Å². The van der Waals surface area contributed by atoms with E-state index in [2.05, 4.69) is 52.0 Å².